The van der Waals surface area contributed by atoms with Crippen molar-refractivity contribution in [2.45, 2.75) is 174 Å². The molecule has 3 aromatic carbocycles. The molecule has 0 saturated heterocycles. The monoisotopic (exact) mass is 907 g/mol. The molecule has 1 N–H and O–H groups in total. The second kappa shape index (κ2) is 24.7. The Balaban J connectivity index is 1.37. The summed E-state index contributed by atoms with van der Waals surface area (Å²) in [6, 6.07) is 23.3. The van der Waals surface area contributed by atoms with Gasteiger partial charge in [0.05, 0.1) is 22.8 Å². The van der Waals surface area contributed by atoms with Gasteiger partial charge in [0.1, 0.15) is 17.2 Å². The molecular formula is C56H82O6Si2. The molecule has 2 aliphatic rings. The van der Waals surface area contributed by atoms with Gasteiger partial charge in [-0.15, -0.1) is 0 Å². The number of rotatable bonds is 24. The Kier molecular flexibility index (Phi) is 19.8. The summed E-state index contributed by atoms with van der Waals surface area (Å²) in [6.45, 7) is 23.8. The summed E-state index contributed by atoms with van der Waals surface area (Å²) in [6.07, 6.45) is 21.3. The van der Waals surface area contributed by atoms with Gasteiger partial charge in [-0.25, -0.2) is 9.59 Å². The number of aryl methyl sites for hydroxylation is 2. The van der Waals surface area contributed by atoms with Gasteiger partial charge < -0.3 is 19.3 Å². The second-order valence-electron chi connectivity index (χ2n) is 20.9. The number of ether oxygens (including phenoxy) is 3. The molecule has 6 nitrogen and oxygen atoms in total. The van der Waals surface area contributed by atoms with Crippen LogP contribution in [-0.4, -0.2) is 46.4 Å². The van der Waals surface area contributed by atoms with Gasteiger partial charge in [0.25, 0.3) is 0 Å². The van der Waals surface area contributed by atoms with Crippen LogP contribution in [0.1, 0.15) is 140 Å². The van der Waals surface area contributed by atoms with E-state index >= 15 is 0 Å². The van der Waals surface area contributed by atoms with Crippen LogP contribution < -0.4 is 24.6 Å². The minimum atomic E-state index is -2.04. The smallest absolute Gasteiger partial charge is 0.338 e. The van der Waals surface area contributed by atoms with Crippen LogP contribution in [0.3, 0.4) is 0 Å². The van der Waals surface area contributed by atoms with E-state index in [0.717, 1.165) is 61.3 Å². The van der Waals surface area contributed by atoms with Crippen LogP contribution in [0.15, 0.2) is 85.0 Å². The standard InChI is InChI=1S/C56H82O6Si2/c1-10-11-12-16-43-19-25-46(26-20-43)47-27-29-48(30-28-47)49-39-52(63(6,7)37-13-17-44-21-31-50(32-22-44)61-55(58)41(2)3)54(60-36-15-35-57)53(40-49)64(8,9)38-14-18-45-23-33-51(34-24-45)62-56(59)42(4)5/h21-24,31-34,39-40,43,46-48,57H,2,4,10-20,25-30,35-38H2,1,3,5-9H3. The molecular weight excluding hydrogens is 825 g/mol. The number of carbonyl (C=O) groups is 2. The van der Waals surface area contributed by atoms with E-state index in [2.05, 4.69) is 82.7 Å². The number of hydrogen-bond acceptors (Lipinski definition) is 6. The van der Waals surface area contributed by atoms with Crippen molar-refractivity contribution >= 4 is 38.5 Å². The molecule has 2 aliphatic carbocycles. The highest BCUT2D eigenvalue weighted by Crippen LogP contribution is 2.45. The molecule has 0 amide bonds. The Bertz CT molecular complexity index is 1860. The van der Waals surface area contributed by atoms with E-state index in [1.165, 1.54) is 98.6 Å². The van der Waals surface area contributed by atoms with E-state index in [1.54, 1.807) is 19.4 Å². The van der Waals surface area contributed by atoms with Crippen LogP contribution in [0.25, 0.3) is 0 Å². The van der Waals surface area contributed by atoms with Gasteiger partial charge in [0, 0.05) is 24.2 Å². The Hall–Kier alpha value is -3.73. The first-order chi connectivity index (χ1) is 30.6. The number of carbonyl (C=O) groups excluding carboxylic acids is 2. The predicted octanol–water partition coefficient (Wildman–Crippen LogP) is 13.2. The Labute approximate surface area is 389 Å². The quantitative estimate of drug-likeness (QED) is 0.0317. The zero-order valence-electron chi connectivity index (χ0n) is 40.8. The van der Waals surface area contributed by atoms with E-state index < -0.39 is 28.1 Å². The van der Waals surface area contributed by atoms with Crippen LogP contribution in [0.5, 0.6) is 17.2 Å². The maximum atomic E-state index is 12.1. The zero-order valence-corrected chi connectivity index (χ0v) is 42.8. The van der Waals surface area contributed by atoms with Gasteiger partial charge in [-0.1, -0.05) is 146 Å². The highest BCUT2D eigenvalue weighted by Gasteiger charge is 2.37. The van der Waals surface area contributed by atoms with Gasteiger partial charge in [0.2, 0.25) is 0 Å². The lowest BCUT2D eigenvalue weighted by Gasteiger charge is -2.39. The minimum Gasteiger partial charge on any atom is -0.494 e. The van der Waals surface area contributed by atoms with Crippen LogP contribution >= 0.6 is 0 Å². The van der Waals surface area contributed by atoms with Crippen molar-refractivity contribution < 1.29 is 28.9 Å². The molecule has 0 unspecified atom stereocenters. The zero-order chi connectivity index (χ0) is 46.3. The van der Waals surface area contributed by atoms with Gasteiger partial charge in [-0.2, -0.15) is 0 Å². The number of aliphatic hydroxyl groups excluding tert-OH is 1. The fraction of sp³-hybridized carbons (Fsp3) is 0.571. The third-order valence-corrected chi connectivity index (χ3v) is 21.5. The summed E-state index contributed by atoms with van der Waals surface area (Å²) in [5.74, 6) is 4.76. The van der Waals surface area contributed by atoms with Crippen LogP contribution in [0, 0.1) is 17.8 Å². The van der Waals surface area contributed by atoms with Crippen molar-refractivity contribution in [2.75, 3.05) is 13.2 Å². The first kappa shape index (κ1) is 51.3. The lowest BCUT2D eigenvalue weighted by Crippen LogP contribution is -2.50. The summed E-state index contributed by atoms with van der Waals surface area (Å²) in [5, 5.41) is 12.8. The van der Waals surface area contributed by atoms with Gasteiger partial charge >= 0.3 is 11.9 Å². The molecule has 0 atom stereocenters. The summed E-state index contributed by atoms with van der Waals surface area (Å²) in [5.41, 5.74) is 4.80. The molecule has 8 heteroatoms. The normalized spacial score (nSPS) is 19.2. The average Bonchev–Trinajstić information content (AvgIpc) is 3.27. The first-order valence-corrected chi connectivity index (χ1v) is 31.4. The second-order valence-corrected chi connectivity index (χ2v) is 30.5. The number of hydrogen-bond donors (Lipinski definition) is 1. The first-order valence-electron chi connectivity index (χ1n) is 25.0. The van der Waals surface area contributed by atoms with Crippen LogP contribution in [0.4, 0.5) is 0 Å². The van der Waals surface area contributed by atoms with Gasteiger partial charge in [0.15, 0.2) is 0 Å². The maximum Gasteiger partial charge on any atom is 0.338 e. The topological polar surface area (TPSA) is 82.1 Å². The lowest BCUT2D eigenvalue weighted by atomic mass is 9.68. The predicted molar refractivity (Wildman–Crippen MR) is 272 cm³/mol. The fourth-order valence-electron chi connectivity index (χ4n) is 10.4. The maximum absolute atomic E-state index is 12.1. The molecule has 2 saturated carbocycles. The average molecular weight is 907 g/mol. The summed E-state index contributed by atoms with van der Waals surface area (Å²) in [7, 11) is -4.08. The van der Waals surface area contributed by atoms with Crippen molar-refractivity contribution in [1.29, 1.82) is 0 Å². The highest BCUT2D eigenvalue weighted by atomic mass is 28.3. The molecule has 0 radical (unpaired) electrons. The van der Waals surface area contributed by atoms with E-state index in [9.17, 15) is 14.7 Å². The Morgan fingerprint density at radius 3 is 1.52 bits per heavy atom. The molecule has 0 aliphatic heterocycles. The lowest BCUT2D eigenvalue weighted by molar-refractivity contribution is -0.130. The molecule has 64 heavy (non-hydrogen) atoms. The van der Waals surface area contributed by atoms with Crippen molar-refractivity contribution in [2.24, 2.45) is 17.8 Å². The molecule has 350 valence electrons. The molecule has 0 bridgehead atoms. The number of esters is 2. The minimum absolute atomic E-state index is 0.116. The number of aliphatic hydroxyl groups is 1. The summed E-state index contributed by atoms with van der Waals surface area (Å²) in [4.78, 5) is 24.1. The van der Waals surface area contributed by atoms with E-state index in [0.29, 0.717) is 41.6 Å². The highest BCUT2D eigenvalue weighted by molar-refractivity contribution is 6.93. The molecule has 3 aromatic rings. The molecule has 0 aromatic heterocycles. The molecule has 5 rings (SSSR count). The van der Waals surface area contributed by atoms with Crippen molar-refractivity contribution in [3.63, 3.8) is 0 Å². The van der Waals surface area contributed by atoms with Crippen molar-refractivity contribution in [3.8, 4) is 17.2 Å². The summed E-state index contributed by atoms with van der Waals surface area (Å²) < 4.78 is 17.8. The number of benzene rings is 3. The largest absolute Gasteiger partial charge is 0.494 e. The number of unbranched alkanes of at least 4 members (excludes halogenated alkanes) is 2. The van der Waals surface area contributed by atoms with Crippen molar-refractivity contribution in [1.82, 2.24) is 0 Å². The van der Waals surface area contributed by atoms with E-state index in [4.69, 9.17) is 14.2 Å². The van der Waals surface area contributed by atoms with Gasteiger partial charge in [-0.05, 0) is 140 Å². The SMILES string of the molecule is C=C(C)C(=O)Oc1ccc(CCC[Si](C)(C)c2cc(C3CCC(C4CCC(CCCCC)CC4)CC3)cc([Si](C)(C)CCCc3ccc(OC(=O)C(=C)C)cc3)c2OCCCO)cc1. The Morgan fingerprint density at radius 1 is 0.641 bits per heavy atom. The van der Waals surface area contributed by atoms with Crippen LogP contribution in [-0.2, 0) is 22.4 Å². The van der Waals surface area contributed by atoms with E-state index in [-0.39, 0.29) is 6.61 Å². The van der Waals surface area contributed by atoms with Crippen LogP contribution in [0.2, 0.25) is 38.3 Å². The fourth-order valence-corrected chi connectivity index (χ4v) is 16.0. The third kappa shape index (κ3) is 15.2. The van der Waals surface area contributed by atoms with Gasteiger partial charge in [-0.3, -0.25) is 0 Å². The van der Waals surface area contributed by atoms with Crippen molar-refractivity contribution in [3.05, 3.63) is 102 Å². The molecule has 0 spiro atoms. The summed E-state index contributed by atoms with van der Waals surface area (Å²) >= 11 is 0. The molecule has 0 heterocycles. The molecule has 2 fully saturated rings. The Morgan fingerprint density at radius 2 is 1.09 bits per heavy atom. The third-order valence-electron chi connectivity index (χ3n) is 14.6. The van der Waals surface area contributed by atoms with E-state index in [1.807, 2.05) is 24.3 Å².